The normalized spacial score (nSPS) is 11.1. The second kappa shape index (κ2) is 7.35. The van der Waals surface area contributed by atoms with Gasteiger partial charge in [0.1, 0.15) is 0 Å². The van der Waals surface area contributed by atoms with E-state index in [2.05, 4.69) is 27.4 Å². The number of allylic oxidation sites excluding steroid dienone is 1. The van der Waals surface area contributed by atoms with Gasteiger partial charge in [-0.05, 0) is 24.3 Å². The summed E-state index contributed by atoms with van der Waals surface area (Å²) in [6.07, 6.45) is 1.86. The van der Waals surface area contributed by atoms with E-state index in [9.17, 15) is 0 Å². The summed E-state index contributed by atoms with van der Waals surface area (Å²) in [6, 6.07) is 15.4. The number of thioether (sulfide) groups is 1. The fourth-order valence-electron chi connectivity index (χ4n) is 2.65. The van der Waals surface area contributed by atoms with Crippen LogP contribution < -0.4 is 0 Å². The topological polar surface area (TPSA) is 56.7 Å². The number of imidazole rings is 1. The van der Waals surface area contributed by atoms with E-state index < -0.39 is 0 Å². The molecule has 0 saturated heterocycles. The van der Waals surface area contributed by atoms with Crippen LogP contribution in [0.2, 0.25) is 5.02 Å². The highest BCUT2D eigenvalue weighted by atomic mass is 35.5. The molecule has 2 aromatic heterocycles. The lowest BCUT2D eigenvalue weighted by Crippen LogP contribution is -1.97. The molecule has 0 radical (unpaired) electrons. The Labute approximate surface area is 159 Å². The Balaban J connectivity index is 1.55. The third-order valence-electron chi connectivity index (χ3n) is 3.81. The smallest absolute Gasteiger partial charge is 0.237 e. The lowest BCUT2D eigenvalue weighted by atomic mass is 10.2. The van der Waals surface area contributed by atoms with Crippen LogP contribution in [0, 0.1) is 0 Å². The predicted molar refractivity (Wildman–Crippen MR) is 104 cm³/mol. The first kappa shape index (κ1) is 16.9. The number of para-hydroxylation sites is 2. The molecular formula is C19H15ClN4OS. The molecule has 0 N–H and O–H groups in total. The predicted octanol–water partition coefficient (Wildman–Crippen LogP) is 5.22. The number of halogens is 1. The first-order valence-electron chi connectivity index (χ1n) is 8.02. The van der Waals surface area contributed by atoms with Crippen LogP contribution in [0.25, 0.3) is 22.4 Å². The Hall–Kier alpha value is -2.57. The zero-order valence-corrected chi connectivity index (χ0v) is 15.4. The van der Waals surface area contributed by atoms with Crippen LogP contribution in [0.4, 0.5) is 0 Å². The molecule has 2 heterocycles. The molecule has 5 nitrogen and oxygen atoms in total. The standard InChI is InChI=1S/C19H15ClN4OS/c1-2-10-24-16-9-4-3-8-15(16)21-19(24)26-12-17-22-18(23-25-17)13-6-5-7-14(20)11-13/h2-9,11H,1,10,12H2. The second-order valence-corrected chi connectivity index (χ2v) is 6.97. The zero-order valence-electron chi connectivity index (χ0n) is 13.8. The zero-order chi connectivity index (χ0) is 17.9. The summed E-state index contributed by atoms with van der Waals surface area (Å²) < 4.78 is 7.50. The van der Waals surface area contributed by atoms with Gasteiger partial charge in [-0.15, -0.1) is 6.58 Å². The molecule has 0 atom stereocenters. The van der Waals surface area contributed by atoms with Crippen molar-refractivity contribution in [1.82, 2.24) is 19.7 Å². The molecule has 0 unspecified atom stereocenters. The molecule has 0 saturated carbocycles. The number of benzene rings is 2. The van der Waals surface area contributed by atoms with E-state index in [1.165, 1.54) is 0 Å². The van der Waals surface area contributed by atoms with E-state index in [4.69, 9.17) is 21.1 Å². The SMILES string of the molecule is C=CCn1c(SCc2nc(-c3cccc(Cl)c3)no2)nc2ccccc21. The Morgan fingerprint density at radius 3 is 2.88 bits per heavy atom. The fraction of sp³-hybridized carbons (Fsp3) is 0.105. The summed E-state index contributed by atoms with van der Waals surface area (Å²) in [6.45, 7) is 4.53. The molecular weight excluding hydrogens is 368 g/mol. The molecule has 0 aliphatic rings. The quantitative estimate of drug-likeness (QED) is 0.338. The minimum Gasteiger partial charge on any atom is -0.338 e. The maximum atomic E-state index is 6.02. The van der Waals surface area contributed by atoms with Crippen molar-refractivity contribution in [3.63, 3.8) is 0 Å². The largest absolute Gasteiger partial charge is 0.338 e. The highest BCUT2D eigenvalue weighted by molar-refractivity contribution is 7.98. The highest BCUT2D eigenvalue weighted by Crippen LogP contribution is 2.27. The van der Waals surface area contributed by atoms with E-state index in [1.807, 2.05) is 48.5 Å². The van der Waals surface area contributed by atoms with E-state index in [1.54, 1.807) is 11.8 Å². The van der Waals surface area contributed by atoms with Gasteiger partial charge < -0.3 is 9.09 Å². The number of hydrogen-bond acceptors (Lipinski definition) is 5. The molecule has 0 aliphatic heterocycles. The molecule has 0 amide bonds. The van der Waals surface area contributed by atoms with Crippen LogP contribution in [0.5, 0.6) is 0 Å². The maximum absolute atomic E-state index is 6.02. The van der Waals surface area contributed by atoms with Crippen molar-refractivity contribution in [3.8, 4) is 11.4 Å². The molecule has 0 spiro atoms. The van der Waals surface area contributed by atoms with E-state index in [-0.39, 0.29) is 0 Å². The van der Waals surface area contributed by atoms with Crippen molar-refractivity contribution in [1.29, 1.82) is 0 Å². The third-order valence-corrected chi connectivity index (χ3v) is 5.00. The lowest BCUT2D eigenvalue weighted by Gasteiger charge is -2.04. The van der Waals surface area contributed by atoms with Gasteiger partial charge in [0.05, 0.1) is 16.8 Å². The van der Waals surface area contributed by atoms with Crippen LogP contribution in [0.15, 0.2) is 70.9 Å². The Morgan fingerprint density at radius 1 is 1.15 bits per heavy atom. The molecule has 4 aromatic rings. The summed E-state index contributed by atoms with van der Waals surface area (Å²) >= 11 is 7.58. The maximum Gasteiger partial charge on any atom is 0.237 e. The Kier molecular flexibility index (Phi) is 4.77. The summed E-state index contributed by atoms with van der Waals surface area (Å²) in [7, 11) is 0. The molecule has 130 valence electrons. The molecule has 0 fully saturated rings. The monoisotopic (exact) mass is 382 g/mol. The molecule has 7 heteroatoms. The summed E-state index contributed by atoms with van der Waals surface area (Å²) in [5.41, 5.74) is 2.87. The van der Waals surface area contributed by atoms with Crippen LogP contribution in [-0.2, 0) is 12.3 Å². The highest BCUT2D eigenvalue weighted by Gasteiger charge is 2.13. The van der Waals surface area contributed by atoms with Gasteiger partial charge >= 0.3 is 0 Å². The first-order chi connectivity index (χ1) is 12.7. The average molecular weight is 383 g/mol. The molecule has 4 rings (SSSR count). The first-order valence-corrected chi connectivity index (χ1v) is 9.38. The lowest BCUT2D eigenvalue weighted by molar-refractivity contribution is 0.391. The number of aromatic nitrogens is 4. The average Bonchev–Trinajstić information content (AvgIpc) is 3.26. The second-order valence-electron chi connectivity index (χ2n) is 5.59. The summed E-state index contributed by atoms with van der Waals surface area (Å²) in [5.74, 6) is 1.61. The Morgan fingerprint density at radius 2 is 2.04 bits per heavy atom. The van der Waals surface area contributed by atoms with Gasteiger partial charge in [0.2, 0.25) is 11.7 Å². The van der Waals surface area contributed by atoms with Gasteiger partial charge in [-0.1, -0.05) is 58.9 Å². The minimum absolute atomic E-state index is 0.530. The van der Waals surface area contributed by atoms with Gasteiger partial charge in [0.25, 0.3) is 0 Å². The van der Waals surface area contributed by atoms with Gasteiger partial charge in [-0.3, -0.25) is 0 Å². The van der Waals surface area contributed by atoms with Crippen molar-refractivity contribution in [2.75, 3.05) is 0 Å². The van der Waals surface area contributed by atoms with Crippen molar-refractivity contribution in [3.05, 3.63) is 72.1 Å². The number of fused-ring (bicyclic) bond motifs is 1. The van der Waals surface area contributed by atoms with Crippen molar-refractivity contribution in [2.24, 2.45) is 0 Å². The molecule has 26 heavy (non-hydrogen) atoms. The van der Waals surface area contributed by atoms with Crippen LogP contribution in [-0.4, -0.2) is 19.7 Å². The van der Waals surface area contributed by atoms with Gasteiger partial charge in [-0.2, -0.15) is 4.98 Å². The summed E-state index contributed by atoms with van der Waals surface area (Å²) in [5, 5.41) is 5.58. The minimum atomic E-state index is 0.530. The van der Waals surface area contributed by atoms with Crippen LogP contribution >= 0.6 is 23.4 Å². The fourth-order valence-corrected chi connectivity index (χ4v) is 3.71. The van der Waals surface area contributed by atoms with E-state index >= 15 is 0 Å². The number of rotatable bonds is 6. The van der Waals surface area contributed by atoms with E-state index in [0.29, 0.717) is 29.0 Å². The van der Waals surface area contributed by atoms with Crippen LogP contribution in [0.1, 0.15) is 5.89 Å². The molecule has 2 aromatic carbocycles. The molecule has 0 bridgehead atoms. The number of nitrogens with zero attached hydrogens (tertiary/aromatic N) is 4. The van der Waals surface area contributed by atoms with Crippen molar-refractivity contribution < 1.29 is 4.52 Å². The van der Waals surface area contributed by atoms with Crippen molar-refractivity contribution >= 4 is 34.4 Å². The van der Waals surface area contributed by atoms with Crippen LogP contribution in [0.3, 0.4) is 0 Å². The molecule has 0 aliphatic carbocycles. The van der Waals surface area contributed by atoms with Gasteiger partial charge in [0, 0.05) is 17.1 Å². The summed E-state index contributed by atoms with van der Waals surface area (Å²) in [4.78, 5) is 9.15. The van der Waals surface area contributed by atoms with Gasteiger partial charge in [0.15, 0.2) is 5.16 Å². The number of hydrogen-bond donors (Lipinski definition) is 0. The van der Waals surface area contributed by atoms with Crippen molar-refractivity contribution in [2.45, 2.75) is 17.5 Å². The Bertz CT molecular complexity index is 1070. The third kappa shape index (κ3) is 3.38. The van der Waals surface area contributed by atoms with Gasteiger partial charge in [-0.25, -0.2) is 4.98 Å². The van der Waals surface area contributed by atoms with E-state index in [0.717, 1.165) is 21.8 Å².